The van der Waals surface area contributed by atoms with Gasteiger partial charge in [-0.2, -0.15) is 0 Å². The van der Waals surface area contributed by atoms with Crippen molar-refractivity contribution in [2.75, 3.05) is 0 Å². The van der Waals surface area contributed by atoms with E-state index in [1.54, 1.807) is 0 Å². The van der Waals surface area contributed by atoms with Crippen molar-refractivity contribution >= 4 is 35.2 Å². The zero-order valence-electron chi connectivity index (χ0n) is 12.3. The highest BCUT2D eigenvalue weighted by atomic mass is 79.9. The summed E-state index contributed by atoms with van der Waals surface area (Å²) in [6.45, 7) is 12.0. The Balaban J connectivity index is 2.21. The molecule has 2 rings (SSSR count). The second kappa shape index (κ2) is 5.07. The minimum atomic E-state index is -1.70. The molecule has 0 spiro atoms. The number of halogens is 1. The van der Waals surface area contributed by atoms with Gasteiger partial charge in [0.1, 0.15) is 0 Å². The van der Waals surface area contributed by atoms with Crippen LogP contribution in [-0.4, -0.2) is 13.3 Å². The second-order valence-electron chi connectivity index (χ2n) is 6.51. The molecular formula is C15H22BrNOSi. The Morgan fingerprint density at radius 2 is 1.84 bits per heavy atom. The molecule has 0 aliphatic heterocycles. The molecule has 0 bridgehead atoms. The van der Waals surface area contributed by atoms with Gasteiger partial charge < -0.3 is 9.41 Å². The summed E-state index contributed by atoms with van der Waals surface area (Å²) in [4.78, 5) is 3.44. The standard InChI is InChI=1S/C15H22BrNOSi/c1-15(2,3)19(4,5)18-10-13-14(16)11-8-6-7-9-12(11)17-13/h6-9,17H,10H2,1-5H3. The van der Waals surface area contributed by atoms with Crippen LogP contribution in [0.25, 0.3) is 10.9 Å². The molecule has 0 fully saturated rings. The van der Waals surface area contributed by atoms with Gasteiger partial charge in [-0.05, 0) is 40.1 Å². The normalized spacial score (nSPS) is 13.2. The van der Waals surface area contributed by atoms with Crippen molar-refractivity contribution in [1.82, 2.24) is 4.98 Å². The average molecular weight is 340 g/mol. The van der Waals surface area contributed by atoms with Crippen LogP contribution >= 0.6 is 15.9 Å². The lowest BCUT2D eigenvalue weighted by molar-refractivity contribution is 0.272. The Bertz CT molecular complexity index is 583. The largest absolute Gasteiger partial charge is 0.411 e. The van der Waals surface area contributed by atoms with Crippen molar-refractivity contribution in [3.8, 4) is 0 Å². The molecule has 1 aromatic heterocycles. The fourth-order valence-electron chi connectivity index (χ4n) is 1.73. The van der Waals surface area contributed by atoms with Gasteiger partial charge in [0.05, 0.1) is 12.3 Å². The van der Waals surface area contributed by atoms with Crippen LogP contribution in [0, 0.1) is 0 Å². The van der Waals surface area contributed by atoms with Crippen LogP contribution in [0.3, 0.4) is 0 Å². The van der Waals surface area contributed by atoms with Crippen LogP contribution in [-0.2, 0) is 11.0 Å². The molecule has 19 heavy (non-hydrogen) atoms. The Morgan fingerprint density at radius 1 is 1.21 bits per heavy atom. The highest BCUT2D eigenvalue weighted by Crippen LogP contribution is 2.38. The van der Waals surface area contributed by atoms with Gasteiger partial charge in [-0.1, -0.05) is 39.0 Å². The SMILES string of the molecule is CC(C)(C)[Si](C)(C)OCc1[nH]c2ccccc2c1Br. The van der Waals surface area contributed by atoms with Gasteiger partial charge in [0, 0.05) is 15.4 Å². The molecule has 0 aliphatic carbocycles. The molecule has 2 nitrogen and oxygen atoms in total. The minimum absolute atomic E-state index is 0.242. The number of hydrogen-bond donors (Lipinski definition) is 1. The molecule has 0 amide bonds. The number of H-pyrrole nitrogens is 1. The van der Waals surface area contributed by atoms with E-state index in [2.05, 4.69) is 73.0 Å². The number of rotatable bonds is 3. The van der Waals surface area contributed by atoms with Gasteiger partial charge in [-0.15, -0.1) is 0 Å². The van der Waals surface area contributed by atoms with Crippen molar-refractivity contribution in [3.05, 3.63) is 34.4 Å². The first kappa shape index (κ1) is 14.8. The molecule has 4 heteroatoms. The zero-order valence-corrected chi connectivity index (χ0v) is 14.9. The van der Waals surface area contributed by atoms with Crippen LogP contribution in [0.5, 0.6) is 0 Å². The van der Waals surface area contributed by atoms with Crippen LogP contribution in [0.1, 0.15) is 26.5 Å². The van der Waals surface area contributed by atoms with Crippen molar-refractivity contribution in [1.29, 1.82) is 0 Å². The molecular weight excluding hydrogens is 318 g/mol. The van der Waals surface area contributed by atoms with Crippen molar-refractivity contribution in [2.24, 2.45) is 0 Å². The minimum Gasteiger partial charge on any atom is -0.411 e. The van der Waals surface area contributed by atoms with Crippen LogP contribution in [0.2, 0.25) is 18.1 Å². The van der Waals surface area contributed by atoms with E-state index in [0.717, 1.165) is 15.7 Å². The summed E-state index contributed by atoms with van der Waals surface area (Å²) in [7, 11) is -1.70. The number of hydrogen-bond acceptors (Lipinski definition) is 1. The van der Waals surface area contributed by atoms with E-state index >= 15 is 0 Å². The predicted octanol–water partition coefficient (Wildman–Crippen LogP) is 5.45. The monoisotopic (exact) mass is 339 g/mol. The summed E-state index contributed by atoms with van der Waals surface area (Å²) in [6, 6.07) is 8.31. The lowest BCUT2D eigenvalue weighted by atomic mass is 10.2. The van der Waals surface area contributed by atoms with Gasteiger partial charge in [-0.25, -0.2) is 0 Å². The molecule has 104 valence electrons. The first-order valence-corrected chi connectivity index (χ1v) is 10.3. The average Bonchev–Trinajstić information content (AvgIpc) is 2.63. The third-order valence-corrected chi connectivity index (χ3v) is 9.48. The van der Waals surface area contributed by atoms with E-state index in [-0.39, 0.29) is 5.04 Å². The first-order valence-electron chi connectivity index (χ1n) is 6.61. The lowest BCUT2D eigenvalue weighted by Gasteiger charge is -2.36. The summed E-state index contributed by atoms with van der Waals surface area (Å²) in [5, 5.41) is 1.46. The van der Waals surface area contributed by atoms with E-state index < -0.39 is 8.32 Å². The smallest absolute Gasteiger partial charge is 0.192 e. The molecule has 1 aromatic carbocycles. The molecule has 0 atom stereocenters. The third kappa shape index (κ3) is 2.96. The van der Waals surface area contributed by atoms with E-state index in [9.17, 15) is 0 Å². The molecule has 2 aromatic rings. The van der Waals surface area contributed by atoms with E-state index in [4.69, 9.17) is 4.43 Å². The Labute approximate surface area is 124 Å². The summed E-state index contributed by atoms with van der Waals surface area (Å²) in [5.41, 5.74) is 2.29. The lowest BCUT2D eigenvalue weighted by Crippen LogP contribution is -2.40. The number of para-hydroxylation sites is 1. The number of nitrogens with one attached hydrogen (secondary N) is 1. The summed E-state index contributed by atoms with van der Waals surface area (Å²) in [6.07, 6.45) is 0. The maximum absolute atomic E-state index is 6.27. The van der Waals surface area contributed by atoms with Crippen molar-refractivity contribution < 1.29 is 4.43 Å². The summed E-state index contributed by atoms with van der Waals surface area (Å²) >= 11 is 3.67. The predicted molar refractivity (Wildman–Crippen MR) is 88.0 cm³/mol. The molecule has 1 N–H and O–H groups in total. The Hall–Kier alpha value is -0.583. The second-order valence-corrected chi connectivity index (χ2v) is 12.1. The van der Waals surface area contributed by atoms with Gasteiger partial charge in [0.15, 0.2) is 8.32 Å². The summed E-state index contributed by atoms with van der Waals surface area (Å²) in [5.74, 6) is 0. The molecule has 0 aliphatic rings. The zero-order chi connectivity index (χ0) is 14.3. The topological polar surface area (TPSA) is 25.0 Å². The number of aromatic nitrogens is 1. The Kier molecular flexibility index (Phi) is 3.96. The van der Waals surface area contributed by atoms with Gasteiger partial charge in [0.25, 0.3) is 0 Å². The molecule has 0 saturated heterocycles. The maximum Gasteiger partial charge on any atom is 0.192 e. The van der Waals surface area contributed by atoms with Gasteiger partial charge in [0.2, 0.25) is 0 Å². The van der Waals surface area contributed by atoms with Crippen LogP contribution < -0.4 is 0 Å². The van der Waals surface area contributed by atoms with Crippen LogP contribution in [0.15, 0.2) is 28.7 Å². The van der Waals surface area contributed by atoms with Gasteiger partial charge in [-0.3, -0.25) is 0 Å². The van der Waals surface area contributed by atoms with Crippen LogP contribution in [0.4, 0.5) is 0 Å². The molecule has 0 radical (unpaired) electrons. The highest BCUT2D eigenvalue weighted by Gasteiger charge is 2.37. The molecule has 0 unspecified atom stereocenters. The van der Waals surface area contributed by atoms with Gasteiger partial charge >= 0.3 is 0 Å². The van der Waals surface area contributed by atoms with E-state index in [1.165, 1.54) is 5.39 Å². The number of aromatic amines is 1. The fraction of sp³-hybridized carbons (Fsp3) is 0.467. The van der Waals surface area contributed by atoms with E-state index in [0.29, 0.717) is 6.61 Å². The number of fused-ring (bicyclic) bond motifs is 1. The number of benzene rings is 1. The first-order chi connectivity index (χ1) is 8.72. The van der Waals surface area contributed by atoms with E-state index in [1.807, 2.05) is 6.07 Å². The maximum atomic E-state index is 6.27. The molecule has 1 heterocycles. The third-order valence-electron chi connectivity index (χ3n) is 4.10. The Morgan fingerprint density at radius 3 is 2.42 bits per heavy atom. The summed E-state index contributed by atoms with van der Waals surface area (Å²) < 4.78 is 7.39. The highest BCUT2D eigenvalue weighted by molar-refractivity contribution is 9.10. The van der Waals surface area contributed by atoms with Crippen molar-refractivity contribution in [3.63, 3.8) is 0 Å². The quantitative estimate of drug-likeness (QED) is 0.738. The van der Waals surface area contributed by atoms with Crippen molar-refractivity contribution in [2.45, 2.75) is 45.5 Å². The fourth-order valence-corrected chi connectivity index (χ4v) is 3.23. The molecule has 0 saturated carbocycles.